The van der Waals surface area contributed by atoms with Crippen molar-refractivity contribution in [3.63, 3.8) is 0 Å². The third kappa shape index (κ3) is 8.86. The van der Waals surface area contributed by atoms with Gasteiger partial charge in [-0.1, -0.05) is 34.8 Å². The molecule has 0 unspecified atom stereocenters. The van der Waals surface area contributed by atoms with E-state index in [-0.39, 0.29) is 18.3 Å². The molecule has 160 valence electrons. The lowest BCUT2D eigenvalue weighted by atomic mass is 10.2. The van der Waals surface area contributed by atoms with Gasteiger partial charge in [0.15, 0.2) is 5.82 Å². The predicted molar refractivity (Wildman–Crippen MR) is 118 cm³/mol. The van der Waals surface area contributed by atoms with Crippen LogP contribution in [0.1, 0.15) is 23.2 Å². The van der Waals surface area contributed by atoms with E-state index in [2.05, 4.69) is 20.9 Å². The molecule has 0 aliphatic carbocycles. The first-order valence-corrected chi connectivity index (χ1v) is 10.1. The topological polar surface area (TPSA) is 109 Å². The lowest BCUT2D eigenvalue weighted by Crippen LogP contribution is -2.35. The van der Waals surface area contributed by atoms with E-state index in [1.807, 2.05) is 0 Å². The standard InChI is InChI=1S/C19H20Cl3N5O3/c20-15-6-4-14(5-7-15)18(28)25-13-19(21,22)8-2-10-24-17(12-27(29)30)26-16-3-1-9-23-11-16/h1,3-7,9,11-12,24,26H,2,8,10,13H2,(H,25,28). The summed E-state index contributed by atoms with van der Waals surface area (Å²) in [6.45, 7) is 0.419. The van der Waals surface area contributed by atoms with Gasteiger partial charge in [0.05, 0.1) is 23.4 Å². The molecule has 0 saturated carbocycles. The zero-order valence-electron chi connectivity index (χ0n) is 15.8. The number of rotatable bonds is 11. The van der Waals surface area contributed by atoms with Crippen LogP contribution in [0.3, 0.4) is 0 Å². The third-order valence-corrected chi connectivity index (χ3v) is 4.72. The fraction of sp³-hybridized carbons (Fsp3) is 0.263. The number of carbonyl (C=O) groups excluding carboxylic acids is 1. The predicted octanol–water partition coefficient (Wildman–Crippen LogP) is 4.20. The van der Waals surface area contributed by atoms with Gasteiger partial charge in [-0.25, -0.2) is 0 Å². The Morgan fingerprint density at radius 2 is 1.93 bits per heavy atom. The number of benzene rings is 1. The van der Waals surface area contributed by atoms with Gasteiger partial charge in [0.25, 0.3) is 12.1 Å². The van der Waals surface area contributed by atoms with Crippen LogP contribution in [0.2, 0.25) is 5.02 Å². The molecule has 30 heavy (non-hydrogen) atoms. The number of hydrogen-bond donors (Lipinski definition) is 3. The van der Waals surface area contributed by atoms with E-state index in [0.717, 1.165) is 6.20 Å². The molecule has 0 atom stereocenters. The van der Waals surface area contributed by atoms with Crippen LogP contribution in [0, 0.1) is 10.1 Å². The lowest BCUT2D eigenvalue weighted by Gasteiger charge is -2.20. The maximum atomic E-state index is 12.1. The monoisotopic (exact) mass is 471 g/mol. The van der Waals surface area contributed by atoms with Gasteiger partial charge >= 0.3 is 0 Å². The molecule has 0 spiro atoms. The number of pyridine rings is 1. The summed E-state index contributed by atoms with van der Waals surface area (Å²) in [7, 11) is 0. The highest BCUT2D eigenvalue weighted by Crippen LogP contribution is 2.26. The molecule has 1 heterocycles. The molecule has 0 radical (unpaired) electrons. The highest BCUT2D eigenvalue weighted by atomic mass is 35.5. The van der Waals surface area contributed by atoms with Crippen LogP contribution < -0.4 is 16.0 Å². The molecule has 11 heteroatoms. The van der Waals surface area contributed by atoms with Crippen molar-refractivity contribution in [3.05, 3.63) is 81.5 Å². The van der Waals surface area contributed by atoms with E-state index in [0.29, 0.717) is 35.7 Å². The average molecular weight is 473 g/mol. The molecule has 0 saturated heterocycles. The fourth-order valence-corrected chi connectivity index (χ4v) is 2.92. The molecule has 2 rings (SSSR count). The third-order valence-electron chi connectivity index (χ3n) is 3.82. The van der Waals surface area contributed by atoms with Gasteiger partial charge in [-0.15, -0.1) is 0 Å². The molecule has 1 aromatic heterocycles. The van der Waals surface area contributed by atoms with Crippen LogP contribution in [0.25, 0.3) is 0 Å². The molecular weight excluding hydrogens is 453 g/mol. The minimum absolute atomic E-state index is 0.0447. The maximum absolute atomic E-state index is 12.1. The second-order valence-electron chi connectivity index (χ2n) is 6.27. The van der Waals surface area contributed by atoms with Crippen molar-refractivity contribution >= 4 is 46.4 Å². The summed E-state index contributed by atoms with van der Waals surface area (Å²) in [6.07, 6.45) is 4.83. The van der Waals surface area contributed by atoms with Crippen LogP contribution in [0.15, 0.2) is 60.8 Å². The zero-order valence-corrected chi connectivity index (χ0v) is 18.0. The molecule has 0 bridgehead atoms. The number of carbonyl (C=O) groups is 1. The Morgan fingerprint density at radius 1 is 1.20 bits per heavy atom. The number of aromatic nitrogens is 1. The first-order valence-electron chi connectivity index (χ1n) is 8.93. The number of amides is 1. The van der Waals surface area contributed by atoms with E-state index < -0.39 is 9.26 Å². The number of hydrogen-bond acceptors (Lipinski definition) is 6. The molecule has 3 N–H and O–H groups in total. The van der Waals surface area contributed by atoms with Crippen molar-refractivity contribution in [2.45, 2.75) is 17.2 Å². The van der Waals surface area contributed by atoms with Gasteiger partial charge in [-0.3, -0.25) is 19.9 Å². The number of halogens is 3. The number of nitro groups is 1. The molecule has 2 aromatic rings. The number of nitrogens with zero attached hydrogens (tertiary/aromatic N) is 2. The van der Waals surface area contributed by atoms with Crippen LogP contribution >= 0.6 is 34.8 Å². The summed E-state index contributed by atoms with van der Waals surface area (Å²) >= 11 is 18.4. The Morgan fingerprint density at radius 3 is 2.57 bits per heavy atom. The number of nitrogens with one attached hydrogen (secondary N) is 3. The van der Waals surface area contributed by atoms with E-state index in [4.69, 9.17) is 34.8 Å². The molecule has 0 aliphatic rings. The minimum Gasteiger partial charge on any atom is -0.366 e. The van der Waals surface area contributed by atoms with Gasteiger partial charge in [-0.05, 0) is 49.2 Å². The first kappa shape index (κ1) is 23.7. The van der Waals surface area contributed by atoms with Crippen LogP contribution in [-0.2, 0) is 0 Å². The highest BCUT2D eigenvalue weighted by Gasteiger charge is 2.24. The summed E-state index contributed by atoms with van der Waals surface area (Å²) < 4.78 is -1.19. The van der Waals surface area contributed by atoms with Crippen molar-refractivity contribution in [2.75, 3.05) is 18.4 Å². The zero-order chi connectivity index (χ0) is 22.0. The summed E-state index contributed by atoms with van der Waals surface area (Å²) in [6, 6.07) is 9.88. The SMILES string of the molecule is O=C(NCC(Cl)(Cl)CCCNC(=C[N+](=O)[O-])Nc1cccnc1)c1ccc(Cl)cc1. The number of anilines is 1. The normalized spacial score (nSPS) is 11.6. The Kier molecular flexibility index (Phi) is 9.16. The van der Waals surface area contributed by atoms with Crippen molar-refractivity contribution in [1.29, 1.82) is 0 Å². The Balaban J connectivity index is 1.78. The van der Waals surface area contributed by atoms with Crippen LogP contribution in [0.4, 0.5) is 5.69 Å². The van der Waals surface area contributed by atoms with Gasteiger partial charge < -0.3 is 16.0 Å². The van der Waals surface area contributed by atoms with Crippen LogP contribution in [0.5, 0.6) is 0 Å². The molecule has 0 aliphatic heterocycles. The second-order valence-corrected chi connectivity index (χ2v) is 8.35. The average Bonchev–Trinajstić information content (AvgIpc) is 2.70. The summed E-state index contributed by atoms with van der Waals surface area (Å²) in [5, 5.41) is 19.9. The lowest BCUT2D eigenvalue weighted by molar-refractivity contribution is -0.403. The van der Waals surface area contributed by atoms with E-state index in [1.165, 1.54) is 0 Å². The Hall–Kier alpha value is -2.55. The molecule has 8 nitrogen and oxygen atoms in total. The summed E-state index contributed by atoms with van der Waals surface area (Å²) in [5.74, 6) is -0.105. The van der Waals surface area contributed by atoms with E-state index in [9.17, 15) is 14.9 Å². The Bertz CT molecular complexity index is 877. The van der Waals surface area contributed by atoms with Gasteiger partial charge in [0.2, 0.25) is 0 Å². The largest absolute Gasteiger partial charge is 0.366 e. The smallest absolute Gasteiger partial charge is 0.274 e. The molecule has 1 aromatic carbocycles. The van der Waals surface area contributed by atoms with Gasteiger partial charge in [-0.2, -0.15) is 0 Å². The summed E-state index contributed by atoms with van der Waals surface area (Å²) in [5.41, 5.74) is 1.05. The van der Waals surface area contributed by atoms with E-state index >= 15 is 0 Å². The van der Waals surface area contributed by atoms with Crippen molar-refractivity contribution in [1.82, 2.24) is 15.6 Å². The van der Waals surface area contributed by atoms with Crippen molar-refractivity contribution in [3.8, 4) is 0 Å². The van der Waals surface area contributed by atoms with E-state index in [1.54, 1.807) is 48.8 Å². The van der Waals surface area contributed by atoms with Crippen LogP contribution in [-0.4, -0.2) is 33.2 Å². The first-order chi connectivity index (χ1) is 14.2. The fourth-order valence-electron chi connectivity index (χ4n) is 2.39. The Labute approximate surface area is 188 Å². The minimum atomic E-state index is -1.19. The summed E-state index contributed by atoms with van der Waals surface area (Å²) in [4.78, 5) is 26.3. The number of alkyl halides is 2. The highest BCUT2D eigenvalue weighted by molar-refractivity contribution is 6.48. The van der Waals surface area contributed by atoms with Gasteiger partial charge in [0, 0.05) is 23.3 Å². The van der Waals surface area contributed by atoms with Gasteiger partial charge in [0.1, 0.15) is 4.33 Å². The molecule has 1 amide bonds. The second kappa shape index (κ2) is 11.6. The maximum Gasteiger partial charge on any atom is 0.274 e. The van der Waals surface area contributed by atoms with Crippen molar-refractivity contribution < 1.29 is 9.72 Å². The quantitative estimate of drug-likeness (QED) is 0.196. The molecular formula is C19H20Cl3N5O3. The van der Waals surface area contributed by atoms with Crippen molar-refractivity contribution in [2.24, 2.45) is 0 Å². The molecule has 0 fully saturated rings.